The molecular formula is C20H21F3N2O2. The first-order chi connectivity index (χ1) is 12.9. The molecule has 1 aliphatic rings. The Morgan fingerprint density at radius 2 is 1.78 bits per heavy atom. The van der Waals surface area contributed by atoms with Crippen LogP contribution in [0.4, 0.5) is 18.9 Å². The Kier molecular flexibility index (Phi) is 6.13. The normalized spacial score (nSPS) is 18.0. The molecule has 0 radical (unpaired) electrons. The molecule has 1 heterocycles. The number of ether oxygens (including phenoxy) is 1. The van der Waals surface area contributed by atoms with Crippen LogP contribution in [-0.2, 0) is 22.1 Å². The Bertz CT molecular complexity index is 748. The molecule has 0 aromatic heterocycles. The van der Waals surface area contributed by atoms with Crippen LogP contribution in [-0.4, -0.2) is 38.3 Å². The minimum absolute atomic E-state index is 0.0773. The average Bonchev–Trinajstić information content (AvgIpc) is 2.67. The Hall–Kier alpha value is -2.38. The second-order valence-corrected chi connectivity index (χ2v) is 6.42. The number of anilines is 1. The predicted molar refractivity (Wildman–Crippen MR) is 96.6 cm³/mol. The van der Waals surface area contributed by atoms with Gasteiger partial charge in [0.2, 0.25) is 0 Å². The lowest BCUT2D eigenvalue weighted by Crippen LogP contribution is -2.50. The van der Waals surface area contributed by atoms with Gasteiger partial charge in [-0.15, -0.1) is 0 Å². The molecule has 0 spiro atoms. The molecule has 144 valence electrons. The van der Waals surface area contributed by atoms with E-state index in [0.717, 1.165) is 25.1 Å². The Morgan fingerprint density at radius 1 is 1.07 bits per heavy atom. The lowest BCUT2D eigenvalue weighted by Gasteiger charge is -2.33. The number of nitrogens with one attached hydrogen (secondary N) is 1. The van der Waals surface area contributed by atoms with Crippen LogP contribution >= 0.6 is 0 Å². The van der Waals surface area contributed by atoms with Gasteiger partial charge in [-0.2, -0.15) is 13.2 Å². The molecule has 2 aromatic rings. The SMILES string of the molecule is O=C1CO[C@H](CNCCc2ccccc2)CN1c1ccc(C(F)(F)F)cc1. The minimum Gasteiger partial charge on any atom is -0.365 e. The molecular weight excluding hydrogens is 357 g/mol. The molecule has 0 bridgehead atoms. The third-order valence-electron chi connectivity index (χ3n) is 4.44. The van der Waals surface area contributed by atoms with Crippen molar-refractivity contribution in [3.63, 3.8) is 0 Å². The fourth-order valence-electron chi connectivity index (χ4n) is 2.97. The molecule has 0 saturated carbocycles. The summed E-state index contributed by atoms with van der Waals surface area (Å²) in [6.07, 6.45) is -3.71. The summed E-state index contributed by atoms with van der Waals surface area (Å²) in [5, 5.41) is 3.31. The van der Waals surface area contributed by atoms with E-state index in [2.05, 4.69) is 17.4 Å². The van der Waals surface area contributed by atoms with Gasteiger partial charge in [-0.3, -0.25) is 4.79 Å². The first-order valence-corrected chi connectivity index (χ1v) is 8.77. The molecule has 2 aromatic carbocycles. The number of alkyl halides is 3. The van der Waals surface area contributed by atoms with E-state index in [1.807, 2.05) is 18.2 Å². The molecule has 27 heavy (non-hydrogen) atoms. The van der Waals surface area contributed by atoms with E-state index < -0.39 is 11.7 Å². The van der Waals surface area contributed by atoms with Crippen LogP contribution in [0.2, 0.25) is 0 Å². The maximum atomic E-state index is 12.7. The van der Waals surface area contributed by atoms with Crippen molar-refractivity contribution in [2.75, 3.05) is 31.1 Å². The van der Waals surface area contributed by atoms with Crippen molar-refractivity contribution in [1.82, 2.24) is 5.32 Å². The topological polar surface area (TPSA) is 41.6 Å². The highest BCUT2D eigenvalue weighted by molar-refractivity contribution is 5.95. The van der Waals surface area contributed by atoms with E-state index in [-0.39, 0.29) is 18.6 Å². The first-order valence-electron chi connectivity index (χ1n) is 8.77. The second-order valence-electron chi connectivity index (χ2n) is 6.42. The van der Waals surface area contributed by atoms with Crippen molar-refractivity contribution < 1.29 is 22.7 Å². The average molecular weight is 378 g/mol. The van der Waals surface area contributed by atoms with E-state index in [1.165, 1.54) is 22.6 Å². The number of amides is 1. The molecule has 1 fully saturated rings. The molecule has 3 rings (SSSR count). The summed E-state index contributed by atoms with van der Waals surface area (Å²) in [6, 6.07) is 14.7. The Morgan fingerprint density at radius 3 is 2.44 bits per heavy atom. The summed E-state index contributed by atoms with van der Waals surface area (Å²) in [4.78, 5) is 13.6. The van der Waals surface area contributed by atoms with Crippen molar-refractivity contribution in [2.45, 2.75) is 18.7 Å². The van der Waals surface area contributed by atoms with Crippen molar-refractivity contribution in [1.29, 1.82) is 0 Å². The standard InChI is InChI=1S/C20H21F3N2O2/c21-20(22,23)16-6-8-17(9-7-16)25-13-18(27-14-19(25)26)12-24-11-10-15-4-2-1-3-5-15/h1-9,18,24H,10-14H2/t18-/m1/s1. The molecule has 7 heteroatoms. The predicted octanol–water partition coefficient (Wildman–Crippen LogP) is 3.27. The van der Waals surface area contributed by atoms with Crippen LogP contribution in [0.5, 0.6) is 0 Å². The summed E-state index contributed by atoms with van der Waals surface area (Å²) >= 11 is 0. The van der Waals surface area contributed by atoms with Crippen LogP contribution in [0, 0.1) is 0 Å². The van der Waals surface area contributed by atoms with E-state index in [1.54, 1.807) is 0 Å². The zero-order valence-corrected chi connectivity index (χ0v) is 14.7. The second kappa shape index (κ2) is 8.54. The van der Waals surface area contributed by atoms with Crippen LogP contribution in [0.15, 0.2) is 54.6 Å². The highest BCUT2D eigenvalue weighted by atomic mass is 19.4. The number of nitrogens with zero attached hydrogens (tertiary/aromatic N) is 1. The maximum absolute atomic E-state index is 12.7. The van der Waals surface area contributed by atoms with Crippen LogP contribution in [0.1, 0.15) is 11.1 Å². The number of carbonyl (C=O) groups is 1. The summed E-state index contributed by atoms with van der Waals surface area (Å²) < 4.78 is 43.6. The highest BCUT2D eigenvalue weighted by Gasteiger charge is 2.31. The van der Waals surface area contributed by atoms with Gasteiger partial charge in [-0.05, 0) is 42.8 Å². The smallest absolute Gasteiger partial charge is 0.365 e. The van der Waals surface area contributed by atoms with Crippen LogP contribution in [0.3, 0.4) is 0 Å². The van der Waals surface area contributed by atoms with Gasteiger partial charge in [0.1, 0.15) is 6.61 Å². The van der Waals surface area contributed by atoms with Crippen molar-refractivity contribution in [3.05, 3.63) is 65.7 Å². The molecule has 1 atom stereocenters. The fourth-order valence-corrected chi connectivity index (χ4v) is 2.97. The van der Waals surface area contributed by atoms with Gasteiger partial charge in [-0.1, -0.05) is 30.3 Å². The van der Waals surface area contributed by atoms with Gasteiger partial charge < -0.3 is 15.0 Å². The third-order valence-corrected chi connectivity index (χ3v) is 4.44. The number of hydrogen-bond donors (Lipinski definition) is 1. The van der Waals surface area contributed by atoms with E-state index in [4.69, 9.17) is 4.74 Å². The van der Waals surface area contributed by atoms with Gasteiger partial charge in [0, 0.05) is 12.2 Å². The fraction of sp³-hybridized carbons (Fsp3) is 0.350. The number of morpholine rings is 1. The number of halogens is 3. The number of benzene rings is 2. The molecule has 4 nitrogen and oxygen atoms in total. The third kappa shape index (κ3) is 5.30. The lowest BCUT2D eigenvalue weighted by molar-refractivity contribution is -0.137. The van der Waals surface area contributed by atoms with E-state index in [9.17, 15) is 18.0 Å². The van der Waals surface area contributed by atoms with Gasteiger partial charge in [0.15, 0.2) is 0 Å². The maximum Gasteiger partial charge on any atom is 0.416 e. The highest BCUT2D eigenvalue weighted by Crippen LogP contribution is 2.31. The minimum atomic E-state index is -4.39. The monoisotopic (exact) mass is 378 g/mol. The molecule has 1 amide bonds. The zero-order chi connectivity index (χ0) is 19.3. The Labute approximate surface area is 155 Å². The number of hydrogen-bond acceptors (Lipinski definition) is 3. The van der Waals surface area contributed by atoms with E-state index >= 15 is 0 Å². The summed E-state index contributed by atoms with van der Waals surface area (Å²) in [5.41, 5.74) is 0.952. The van der Waals surface area contributed by atoms with Crippen LogP contribution in [0.25, 0.3) is 0 Å². The molecule has 1 aliphatic heterocycles. The molecule has 1 saturated heterocycles. The Balaban J connectivity index is 1.52. The summed E-state index contributed by atoms with van der Waals surface area (Å²) in [6.45, 7) is 1.57. The zero-order valence-electron chi connectivity index (χ0n) is 14.7. The van der Waals surface area contributed by atoms with Crippen molar-refractivity contribution in [3.8, 4) is 0 Å². The van der Waals surface area contributed by atoms with Crippen molar-refractivity contribution >= 4 is 11.6 Å². The quantitative estimate of drug-likeness (QED) is 0.785. The largest absolute Gasteiger partial charge is 0.416 e. The number of carbonyl (C=O) groups excluding carboxylic acids is 1. The molecule has 0 aliphatic carbocycles. The van der Waals surface area contributed by atoms with Gasteiger partial charge in [-0.25, -0.2) is 0 Å². The van der Waals surface area contributed by atoms with Gasteiger partial charge >= 0.3 is 6.18 Å². The van der Waals surface area contributed by atoms with Gasteiger partial charge in [0.05, 0.1) is 18.2 Å². The first kappa shape index (κ1) is 19.4. The van der Waals surface area contributed by atoms with E-state index in [0.29, 0.717) is 18.8 Å². The molecule has 1 N–H and O–H groups in total. The summed E-state index contributed by atoms with van der Waals surface area (Å²) in [5.74, 6) is -0.254. The van der Waals surface area contributed by atoms with Gasteiger partial charge in [0.25, 0.3) is 5.91 Å². The van der Waals surface area contributed by atoms with Crippen molar-refractivity contribution in [2.24, 2.45) is 0 Å². The van der Waals surface area contributed by atoms with Crippen LogP contribution < -0.4 is 10.2 Å². The number of rotatable bonds is 6. The lowest BCUT2D eigenvalue weighted by atomic mass is 10.1. The summed E-state index contributed by atoms with van der Waals surface area (Å²) in [7, 11) is 0. The molecule has 0 unspecified atom stereocenters.